The number of thiol groups is 1. The van der Waals surface area contributed by atoms with Crippen LogP contribution in [0.4, 0.5) is 0 Å². The summed E-state index contributed by atoms with van der Waals surface area (Å²) in [6.07, 6.45) is 0. The largest absolute Gasteiger partial charge is 0.480 e. The third-order valence-electron chi connectivity index (χ3n) is 0.514. The number of aliphatic carboxylic acids is 1. The Labute approximate surface area is 76.5 Å². The third-order valence-corrected chi connectivity index (χ3v) is 0.907. The van der Waals surface area contributed by atoms with E-state index in [-0.39, 0.29) is 5.75 Å². The maximum absolute atomic E-state index is 9.76. The van der Waals surface area contributed by atoms with Crippen LogP contribution in [-0.4, -0.2) is 22.9 Å². The van der Waals surface area contributed by atoms with Gasteiger partial charge in [0.2, 0.25) is 0 Å². The molecule has 0 aliphatic rings. The van der Waals surface area contributed by atoms with Gasteiger partial charge in [0.25, 0.3) is 0 Å². The zero-order valence-corrected chi connectivity index (χ0v) is 9.94. The second-order valence-corrected chi connectivity index (χ2v) is 4.09. The van der Waals surface area contributed by atoms with Gasteiger partial charge in [-0.2, -0.15) is 12.6 Å². The normalized spacial score (nSPS) is 11.3. The van der Waals surface area contributed by atoms with Crippen LogP contribution in [0, 0.1) is 0 Å². The first kappa shape index (κ1) is 13.0. The predicted molar refractivity (Wildman–Crippen MR) is 39.9 cm³/mol. The molecule has 0 aromatic carbocycles. The fourth-order valence-corrected chi connectivity index (χ4v) is 0.234. The molecular weight excluding hydrogens is 204 g/mol. The van der Waals surface area contributed by atoms with E-state index in [1.807, 2.05) is 0 Å². The molecule has 0 heterocycles. The molecule has 10 heavy (non-hydrogen) atoms. The number of carboxylic acid groups (broad SMARTS) is 1. The molecule has 3 nitrogen and oxygen atoms in total. The number of hydrogen-bond acceptors (Lipinski definition) is 3. The zero-order chi connectivity index (χ0) is 8.57. The summed E-state index contributed by atoms with van der Waals surface area (Å²) >= 11 is 5.09. The zero-order valence-electron chi connectivity index (χ0n) is 6.08. The van der Waals surface area contributed by atoms with Gasteiger partial charge in [0.05, 0.1) is 0 Å². The monoisotopic (exact) mass is 214 g/mol. The molecule has 0 aliphatic carbocycles. The van der Waals surface area contributed by atoms with Crippen LogP contribution in [-0.2, 0) is 23.1 Å². The standard InChI is InChI=1S/C3H7NO2S.C2H5.Zn/c4-2(1-7)3(5)6;1-2;/h2,7H,1,4H2,(H,5,6);1H2,2H3;. The second kappa shape index (κ2) is 9.40. The number of nitrogens with two attached hydrogens (primary N) is 1. The fourth-order valence-electron chi connectivity index (χ4n) is 0.0781. The minimum atomic E-state index is -1.00. The molecule has 0 amide bonds. The molecule has 0 bridgehead atoms. The Kier molecular flexibility index (Phi) is 12.2. The van der Waals surface area contributed by atoms with E-state index in [0.717, 1.165) is 0 Å². The Morgan fingerprint density at radius 2 is 2.20 bits per heavy atom. The summed E-state index contributed by atoms with van der Waals surface area (Å²) in [6.45, 7) is 2.18. The molecule has 1 atom stereocenters. The van der Waals surface area contributed by atoms with Gasteiger partial charge in [-0.15, -0.1) is 0 Å². The van der Waals surface area contributed by atoms with Crippen molar-refractivity contribution in [3.8, 4) is 0 Å². The number of rotatable bonds is 2. The van der Waals surface area contributed by atoms with Crippen molar-refractivity contribution in [1.29, 1.82) is 0 Å². The van der Waals surface area contributed by atoms with E-state index in [1.165, 1.54) is 23.3 Å². The van der Waals surface area contributed by atoms with Crippen LogP contribution in [0.5, 0.6) is 0 Å². The van der Waals surface area contributed by atoms with Crippen LogP contribution in [0.3, 0.4) is 0 Å². The maximum atomic E-state index is 9.76. The molecule has 0 rings (SSSR count). The smallest absolute Gasteiger partial charge is 0.321 e. The van der Waals surface area contributed by atoms with E-state index >= 15 is 0 Å². The third kappa shape index (κ3) is 11.2. The first-order valence-corrected chi connectivity index (χ1v) is 5.71. The van der Waals surface area contributed by atoms with Crippen LogP contribution in [0.15, 0.2) is 0 Å². The molecule has 0 aliphatic heterocycles. The minimum absolute atomic E-state index is 0.190. The van der Waals surface area contributed by atoms with Crippen molar-refractivity contribution >= 4 is 18.6 Å². The van der Waals surface area contributed by atoms with Crippen LogP contribution in [0.1, 0.15) is 6.92 Å². The number of hydrogen-bond donors (Lipinski definition) is 3. The summed E-state index contributed by atoms with van der Waals surface area (Å²) < 4.78 is 0. The molecule has 0 fully saturated rings. The van der Waals surface area contributed by atoms with Gasteiger partial charge in [0.15, 0.2) is 0 Å². The predicted octanol–water partition coefficient (Wildman–Crippen LogP) is 0.300. The van der Waals surface area contributed by atoms with E-state index in [1.54, 1.807) is 0 Å². The first-order valence-electron chi connectivity index (χ1n) is 2.98. The van der Waals surface area contributed by atoms with Crippen LogP contribution in [0.25, 0.3) is 0 Å². The molecule has 5 heteroatoms. The topological polar surface area (TPSA) is 63.3 Å². The van der Waals surface area contributed by atoms with Gasteiger partial charge in [0, 0.05) is 5.75 Å². The van der Waals surface area contributed by atoms with Gasteiger partial charge in [-0.3, -0.25) is 4.79 Å². The average molecular weight is 216 g/mol. The summed E-state index contributed by atoms with van der Waals surface area (Å²) in [5, 5.41) is 9.38. The van der Waals surface area contributed by atoms with Crippen molar-refractivity contribution < 1.29 is 28.2 Å². The molecule has 1 unspecified atom stereocenters. The molecule has 0 saturated heterocycles. The number of carboxylic acids is 1. The molecule has 0 saturated carbocycles. The maximum Gasteiger partial charge on any atom is 0.321 e. The Morgan fingerprint density at radius 1 is 1.90 bits per heavy atom. The summed E-state index contributed by atoms with van der Waals surface area (Å²) in [4.78, 5) is 9.76. The Balaban J connectivity index is 0. The molecule has 0 spiro atoms. The number of carbonyl (C=O) groups is 1. The summed E-state index contributed by atoms with van der Waals surface area (Å²) in [5.41, 5.74) is 4.94. The Morgan fingerprint density at radius 3 is 2.20 bits per heavy atom. The molecule has 57 valence electrons. The van der Waals surface area contributed by atoms with Crippen molar-refractivity contribution in [3.63, 3.8) is 0 Å². The van der Waals surface area contributed by atoms with Crippen molar-refractivity contribution in [1.82, 2.24) is 0 Å². The SMILES string of the molecule is C[CH2][Zn].NC(CS)C(=O)O. The van der Waals surface area contributed by atoms with Gasteiger partial charge >= 0.3 is 36.2 Å². The van der Waals surface area contributed by atoms with E-state index in [4.69, 9.17) is 10.8 Å². The first-order chi connectivity index (χ1) is 4.59. The summed E-state index contributed by atoms with van der Waals surface area (Å²) in [6, 6.07) is -0.816. The van der Waals surface area contributed by atoms with Crippen molar-refractivity contribution in [2.45, 2.75) is 18.0 Å². The van der Waals surface area contributed by atoms with Crippen LogP contribution in [0.2, 0.25) is 5.02 Å². The van der Waals surface area contributed by atoms with E-state index in [0.29, 0.717) is 0 Å². The van der Waals surface area contributed by atoms with Crippen LogP contribution < -0.4 is 5.73 Å². The van der Waals surface area contributed by atoms with Gasteiger partial charge in [0.1, 0.15) is 6.04 Å². The van der Waals surface area contributed by atoms with E-state index in [9.17, 15) is 4.79 Å². The van der Waals surface area contributed by atoms with E-state index in [2.05, 4.69) is 19.6 Å². The van der Waals surface area contributed by atoms with Crippen molar-refractivity contribution in [3.05, 3.63) is 0 Å². The summed E-state index contributed by atoms with van der Waals surface area (Å²) in [5.74, 6) is -0.815. The second-order valence-electron chi connectivity index (χ2n) is 1.63. The van der Waals surface area contributed by atoms with Crippen LogP contribution >= 0.6 is 12.6 Å². The average Bonchev–Trinajstić information content (AvgIpc) is 1.88. The molecular formula is C5H12NO2SZn. The Bertz CT molecular complexity index is 91.7. The van der Waals surface area contributed by atoms with E-state index < -0.39 is 12.0 Å². The minimum Gasteiger partial charge on any atom is -0.480 e. The van der Waals surface area contributed by atoms with Crippen molar-refractivity contribution in [2.24, 2.45) is 5.73 Å². The molecule has 0 aromatic heterocycles. The fraction of sp³-hybridized carbons (Fsp3) is 0.800. The molecule has 0 radical (unpaired) electrons. The summed E-state index contributed by atoms with van der Waals surface area (Å²) in [7, 11) is 0. The van der Waals surface area contributed by atoms with Gasteiger partial charge in [-0.1, -0.05) is 0 Å². The van der Waals surface area contributed by atoms with Gasteiger partial charge in [-0.25, -0.2) is 0 Å². The van der Waals surface area contributed by atoms with Gasteiger partial charge in [-0.05, 0) is 0 Å². The quantitative estimate of drug-likeness (QED) is 0.459. The Hall–Kier alpha value is 0.403. The molecule has 0 aromatic rings. The van der Waals surface area contributed by atoms with Crippen molar-refractivity contribution in [2.75, 3.05) is 5.75 Å². The van der Waals surface area contributed by atoms with Gasteiger partial charge < -0.3 is 10.8 Å². The molecule has 3 N–H and O–H groups in total.